The van der Waals surface area contributed by atoms with Gasteiger partial charge < -0.3 is 20.0 Å². The third kappa shape index (κ3) is 10.1. The second-order valence-electron chi connectivity index (χ2n) is 12.3. The Balaban J connectivity index is 1.51. The van der Waals surface area contributed by atoms with Gasteiger partial charge in [0.1, 0.15) is 6.04 Å². The topological polar surface area (TPSA) is 90.0 Å². The van der Waals surface area contributed by atoms with Crippen LogP contribution in [-0.2, 0) is 32.1 Å². The Labute approximate surface area is 253 Å². The lowest BCUT2D eigenvalue weighted by Gasteiger charge is -2.39. The highest BCUT2D eigenvalue weighted by Gasteiger charge is 2.34. The number of carbonyl (C=O) groups excluding carboxylic acids is 4. The molecule has 2 heterocycles. The summed E-state index contributed by atoms with van der Waals surface area (Å²) < 4.78 is 0. The lowest BCUT2D eigenvalue weighted by Crippen LogP contribution is -2.53. The predicted molar refractivity (Wildman–Crippen MR) is 167 cm³/mol. The number of unbranched alkanes of at least 4 members (excludes halogenated alkanes) is 4. The average molecular weight is 583 g/mol. The van der Waals surface area contributed by atoms with E-state index >= 15 is 0 Å². The molecular formula is C34H54N4O4. The molecule has 0 aliphatic carbocycles. The molecule has 4 amide bonds. The average Bonchev–Trinajstić information content (AvgIpc) is 2.99. The van der Waals surface area contributed by atoms with Crippen molar-refractivity contribution >= 4 is 23.6 Å². The first kappa shape index (κ1) is 33.6. The minimum atomic E-state index is -0.836. The number of nitrogens with zero attached hydrogens (tertiary/aromatic N) is 3. The molecule has 1 unspecified atom stereocenters. The van der Waals surface area contributed by atoms with Crippen molar-refractivity contribution in [3.63, 3.8) is 0 Å². The highest BCUT2D eigenvalue weighted by atomic mass is 16.2. The Hall–Kier alpha value is -2.90. The highest BCUT2D eigenvalue weighted by Crippen LogP contribution is 2.25. The molecule has 1 aromatic carbocycles. The van der Waals surface area contributed by atoms with Crippen molar-refractivity contribution in [1.82, 2.24) is 20.0 Å². The molecule has 1 aromatic rings. The van der Waals surface area contributed by atoms with Crippen LogP contribution in [0.5, 0.6) is 0 Å². The first-order chi connectivity index (χ1) is 20.2. The van der Waals surface area contributed by atoms with Gasteiger partial charge in [-0.25, -0.2) is 0 Å². The Morgan fingerprint density at radius 1 is 0.857 bits per heavy atom. The zero-order valence-corrected chi connectivity index (χ0v) is 26.5. The largest absolute Gasteiger partial charge is 0.344 e. The molecule has 8 nitrogen and oxygen atoms in total. The summed E-state index contributed by atoms with van der Waals surface area (Å²) in [5.41, 5.74) is 2.41. The third-order valence-electron chi connectivity index (χ3n) is 9.20. The SMILES string of the molecule is CCCCCCCC1CCN(C(=O)C(CC(=O)N2CCC(N(Cc3ccccc3CC)C(C)=O)CC2)NC(C)=O)CC1. The van der Waals surface area contributed by atoms with Crippen molar-refractivity contribution in [3.05, 3.63) is 35.4 Å². The van der Waals surface area contributed by atoms with Crippen molar-refractivity contribution in [3.8, 4) is 0 Å². The summed E-state index contributed by atoms with van der Waals surface area (Å²) in [6.07, 6.45) is 11.9. The van der Waals surface area contributed by atoms with E-state index in [-0.39, 0.29) is 36.1 Å². The summed E-state index contributed by atoms with van der Waals surface area (Å²) in [6, 6.07) is 7.47. The number of hydrogen-bond acceptors (Lipinski definition) is 4. The minimum absolute atomic E-state index is 0.0270. The molecule has 0 spiro atoms. The van der Waals surface area contributed by atoms with Crippen LogP contribution in [0.25, 0.3) is 0 Å². The lowest BCUT2D eigenvalue weighted by molar-refractivity contribution is -0.142. The van der Waals surface area contributed by atoms with E-state index in [4.69, 9.17) is 0 Å². The molecule has 0 aromatic heterocycles. The van der Waals surface area contributed by atoms with Crippen LogP contribution in [0.3, 0.4) is 0 Å². The molecule has 234 valence electrons. The fourth-order valence-electron chi connectivity index (χ4n) is 6.61. The normalized spacial score (nSPS) is 17.1. The van der Waals surface area contributed by atoms with Crippen LogP contribution in [0.15, 0.2) is 24.3 Å². The first-order valence-corrected chi connectivity index (χ1v) is 16.4. The van der Waals surface area contributed by atoms with Gasteiger partial charge in [-0.3, -0.25) is 19.2 Å². The van der Waals surface area contributed by atoms with Gasteiger partial charge in [0.05, 0.1) is 6.42 Å². The van der Waals surface area contributed by atoms with Crippen LogP contribution in [0, 0.1) is 5.92 Å². The van der Waals surface area contributed by atoms with E-state index in [0.717, 1.165) is 19.3 Å². The summed E-state index contributed by atoms with van der Waals surface area (Å²) in [6.45, 7) is 10.4. The van der Waals surface area contributed by atoms with Crippen LogP contribution in [0.1, 0.15) is 109 Å². The standard InChI is InChI=1S/C34H54N4O4/c1-5-7-8-9-10-13-28-16-20-37(21-17-28)34(42)32(35-26(3)39)24-33(41)36-22-18-31(19-23-36)38(27(4)40)25-30-15-12-11-14-29(30)6-2/h11-12,14-15,28,31-32H,5-10,13,16-25H2,1-4H3,(H,35,39). The Morgan fingerprint density at radius 3 is 2.07 bits per heavy atom. The number of rotatable bonds is 14. The van der Waals surface area contributed by atoms with Crippen molar-refractivity contribution in [2.75, 3.05) is 26.2 Å². The molecule has 0 bridgehead atoms. The minimum Gasteiger partial charge on any atom is -0.344 e. The van der Waals surface area contributed by atoms with Crippen LogP contribution in [0.4, 0.5) is 0 Å². The van der Waals surface area contributed by atoms with E-state index < -0.39 is 6.04 Å². The van der Waals surface area contributed by atoms with Gasteiger partial charge in [0.15, 0.2) is 0 Å². The molecule has 3 rings (SSSR count). The Kier molecular flexibility index (Phi) is 13.8. The maximum absolute atomic E-state index is 13.4. The van der Waals surface area contributed by atoms with Gasteiger partial charge in [0, 0.05) is 52.6 Å². The van der Waals surface area contributed by atoms with Crippen molar-refractivity contribution in [1.29, 1.82) is 0 Å². The van der Waals surface area contributed by atoms with E-state index in [1.54, 1.807) is 11.8 Å². The highest BCUT2D eigenvalue weighted by molar-refractivity contribution is 5.91. The van der Waals surface area contributed by atoms with Gasteiger partial charge in [-0.15, -0.1) is 0 Å². The molecule has 2 aliphatic rings. The maximum Gasteiger partial charge on any atom is 0.245 e. The molecule has 1 N–H and O–H groups in total. The monoisotopic (exact) mass is 582 g/mol. The Morgan fingerprint density at radius 2 is 1.48 bits per heavy atom. The smallest absolute Gasteiger partial charge is 0.245 e. The van der Waals surface area contributed by atoms with Gasteiger partial charge in [-0.05, 0) is 49.1 Å². The van der Waals surface area contributed by atoms with E-state index in [0.29, 0.717) is 51.5 Å². The van der Waals surface area contributed by atoms with Gasteiger partial charge in [-0.1, -0.05) is 76.6 Å². The van der Waals surface area contributed by atoms with Crippen LogP contribution < -0.4 is 5.32 Å². The summed E-state index contributed by atoms with van der Waals surface area (Å²) in [7, 11) is 0. The fraction of sp³-hybridized carbons (Fsp3) is 0.706. The van der Waals surface area contributed by atoms with Gasteiger partial charge >= 0.3 is 0 Å². The number of aryl methyl sites for hydroxylation is 1. The summed E-state index contributed by atoms with van der Waals surface area (Å²) in [5.74, 6) is 0.136. The zero-order valence-electron chi connectivity index (χ0n) is 26.5. The second kappa shape index (κ2) is 17.3. The van der Waals surface area contributed by atoms with E-state index in [1.807, 2.05) is 21.9 Å². The molecule has 0 radical (unpaired) electrons. The summed E-state index contributed by atoms with van der Waals surface area (Å²) in [5, 5.41) is 2.76. The van der Waals surface area contributed by atoms with E-state index in [9.17, 15) is 19.2 Å². The lowest BCUT2D eigenvalue weighted by atomic mass is 9.90. The summed E-state index contributed by atoms with van der Waals surface area (Å²) >= 11 is 0. The van der Waals surface area contributed by atoms with Gasteiger partial charge in [0.2, 0.25) is 23.6 Å². The van der Waals surface area contributed by atoms with E-state index in [2.05, 4.69) is 31.3 Å². The van der Waals surface area contributed by atoms with E-state index in [1.165, 1.54) is 56.6 Å². The van der Waals surface area contributed by atoms with Crippen molar-refractivity contribution < 1.29 is 19.2 Å². The quantitative estimate of drug-likeness (QED) is 0.310. The first-order valence-electron chi connectivity index (χ1n) is 16.4. The number of amides is 4. The molecule has 8 heteroatoms. The molecule has 0 saturated carbocycles. The number of piperidine rings is 2. The number of carbonyl (C=O) groups is 4. The molecule has 1 atom stereocenters. The van der Waals surface area contributed by atoms with Crippen LogP contribution in [0.2, 0.25) is 0 Å². The fourth-order valence-corrected chi connectivity index (χ4v) is 6.61. The zero-order chi connectivity index (χ0) is 30.5. The van der Waals surface area contributed by atoms with Crippen LogP contribution >= 0.6 is 0 Å². The second-order valence-corrected chi connectivity index (χ2v) is 12.3. The Bertz CT molecular complexity index is 1030. The van der Waals surface area contributed by atoms with Gasteiger partial charge in [0.25, 0.3) is 0 Å². The molecule has 42 heavy (non-hydrogen) atoms. The molecule has 2 fully saturated rings. The summed E-state index contributed by atoms with van der Waals surface area (Å²) in [4.78, 5) is 56.9. The molecule has 2 saturated heterocycles. The number of hydrogen-bond donors (Lipinski definition) is 1. The number of benzene rings is 1. The third-order valence-corrected chi connectivity index (χ3v) is 9.20. The van der Waals surface area contributed by atoms with Crippen LogP contribution in [-0.4, -0.2) is 76.6 Å². The molecular weight excluding hydrogens is 528 g/mol. The predicted octanol–water partition coefficient (Wildman–Crippen LogP) is 5.08. The maximum atomic E-state index is 13.4. The van der Waals surface area contributed by atoms with Gasteiger partial charge in [-0.2, -0.15) is 0 Å². The van der Waals surface area contributed by atoms with Crippen molar-refractivity contribution in [2.45, 2.75) is 123 Å². The number of likely N-dealkylation sites (tertiary alicyclic amines) is 2. The molecule has 2 aliphatic heterocycles. The number of nitrogens with one attached hydrogen (secondary N) is 1. The van der Waals surface area contributed by atoms with Crippen molar-refractivity contribution in [2.24, 2.45) is 5.92 Å².